The Hall–Kier alpha value is -18.0. The van der Waals surface area contributed by atoms with Gasteiger partial charge in [0.2, 0.25) is 0 Å². The molecular formula is C120H74N10. The van der Waals surface area contributed by atoms with Crippen LogP contribution in [0.2, 0.25) is 0 Å². The van der Waals surface area contributed by atoms with E-state index in [-0.39, 0.29) is 0 Å². The number of benzene rings is 16. The molecular weight excluding hydrogens is 1580 g/mol. The number of aromatic nitrogens is 8. The zero-order valence-corrected chi connectivity index (χ0v) is 70.2. The molecule has 10 nitrogen and oxygen atoms in total. The van der Waals surface area contributed by atoms with Crippen molar-refractivity contribution in [3.63, 3.8) is 0 Å². The van der Waals surface area contributed by atoms with Crippen LogP contribution in [0, 0.1) is 17.9 Å². The van der Waals surface area contributed by atoms with Crippen LogP contribution in [-0.2, 0) is 0 Å². The molecule has 0 aliphatic heterocycles. The van der Waals surface area contributed by atoms with Crippen molar-refractivity contribution in [1.82, 2.24) is 36.4 Å². The van der Waals surface area contributed by atoms with Crippen molar-refractivity contribution < 1.29 is 0 Å². The van der Waals surface area contributed by atoms with Crippen molar-refractivity contribution in [3.05, 3.63) is 466 Å². The molecule has 0 aliphatic carbocycles. The van der Waals surface area contributed by atoms with Crippen molar-refractivity contribution in [2.75, 3.05) is 0 Å². The molecule has 11 aromatic heterocycles. The Balaban J connectivity index is 0.000000105. The van der Waals surface area contributed by atoms with Gasteiger partial charge in [0.15, 0.2) is 5.69 Å². The molecule has 0 N–H and O–H groups in total. The second-order valence-corrected chi connectivity index (χ2v) is 33.1. The standard InChI is InChI=1S/C42H24N4.C40H26N2.C38H24N4/c1-44-30-21-23-32-31-22-20-27(26-43)24-37(31)45-35-18-10-8-16-33(35)39(28-12-4-2-5-13-28)41(45)42-40(29-14-6-3-7-15-29)34-17-9-11-19-36(34)46(42)38(32)25-30;1-3-15-27(16-4-1)37-31-21-9-13-25-35(31)41-33-23-11-7-19-29(33)30-20-8-12-24-34(30)42-36-26-14-10-22-32(36)38(40(42)39(37)41)28-17-5-2-6-18-28;1-3-11-25(12-4-1)35-29-15-7-9-17-31(29)41-33-23-39-21-19-27(33)28-20-22-40-24-34(28)42-32-18-10-8-16-30(32)36(38(42)37(35)41)26-13-5-2-6-14-26/h2-25H;1-26H;1-24H. The molecule has 16 aromatic carbocycles. The van der Waals surface area contributed by atoms with Gasteiger partial charge < -0.3 is 26.4 Å². The maximum absolute atomic E-state index is 10.1. The van der Waals surface area contributed by atoms with Gasteiger partial charge in [-0.1, -0.05) is 346 Å². The van der Waals surface area contributed by atoms with Gasteiger partial charge in [0, 0.05) is 116 Å². The smallest absolute Gasteiger partial charge is 0.189 e. The molecule has 0 saturated carbocycles. The second kappa shape index (κ2) is 30.5. The number of nitrogens with zero attached hydrogens (tertiary/aromatic N) is 10. The molecule has 0 fully saturated rings. The predicted octanol–water partition coefficient (Wildman–Crippen LogP) is 31.3. The summed E-state index contributed by atoms with van der Waals surface area (Å²) in [5.41, 5.74) is 35.3. The van der Waals surface area contributed by atoms with Gasteiger partial charge >= 0.3 is 0 Å². The number of para-hydroxylation sites is 8. The van der Waals surface area contributed by atoms with Crippen molar-refractivity contribution in [3.8, 4) is 72.8 Å². The van der Waals surface area contributed by atoms with Crippen LogP contribution >= 0.6 is 0 Å². The van der Waals surface area contributed by atoms with Crippen molar-refractivity contribution in [2.24, 2.45) is 0 Å². The van der Waals surface area contributed by atoms with E-state index in [0.717, 1.165) is 121 Å². The molecule has 0 aliphatic rings. The van der Waals surface area contributed by atoms with Crippen LogP contribution in [0.4, 0.5) is 5.69 Å². The molecule has 604 valence electrons. The van der Waals surface area contributed by atoms with Gasteiger partial charge in [0.05, 0.1) is 124 Å². The number of rotatable bonds is 6. The topological polar surface area (TPSA) is 80.4 Å². The largest absolute Gasteiger partial charge is 0.308 e. The summed E-state index contributed by atoms with van der Waals surface area (Å²) in [7, 11) is 0. The van der Waals surface area contributed by atoms with E-state index in [2.05, 4.69) is 448 Å². The molecule has 0 spiro atoms. The van der Waals surface area contributed by atoms with Gasteiger partial charge in [0.25, 0.3) is 0 Å². The lowest BCUT2D eigenvalue weighted by molar-refractivity contribution is 1.25. The SMILES string of the molecule is [C-]#[N+]c1ccc2c3ccc(C#N)cc3n3c4ccccc4c(-c4ccccc4)c3c3c(-c4ccccc4)c4ccccc4n3c2c1.c1ccc(-c2c3ccccc3n3c4ccccc4c4ccccc4n4c5ccccc5c(-c5ccccc5)c4c23)cc1.c1ccc(-c2c3ccccc3n3c4cnccc4c4ccncc4n4c5ccccc5c(-c5ccccc5)c4c23)cc1. The molecule has 0 radical (unpaired) electrons. The molecule has 130 heavy (non-hydrogen) atoms. The molecule has 10 heteroatoms. The Morgan fingerprint density at radius 3 is 0.677 bits per heavy atom. The highest BCUT2D eigenvalue weighted by Crippen LogP contribution is 2.51. The molecule has 0 saturated heterocycles. The average molecular weight is 1660 g/mol. The first-order chi connectivity index (χ1) is 64.6. The fraction of sp³-hybridized carbons (Fsp3) is 0. The minimum absolute atomic E-state index is 0.573. The number of nitriles is 1. The molecule has 27 aromatic rings. The Bertz CT molecular complexity index is 8660. The minimum atomic E-state index is 0.573. The van der Waals surface area contributed by atoms with E-state index in [1.54, 1.807) is 0 Å². The average Bonchev–Trinajstić information content (AvgIpc) is 1.54. The van der Waals surface area contributed by atoms with Crippen LogP contribution in [-0.4, -0.2) is 36.4 Å². The summed E-state index contributed by atoms with van der Waals surface area (Å²) in [6.07, 6.45) is 7.78. The first-order valence-corrected chi connectivity index (χ1v) is 43.9. The van der Waals surface area contributed by atoms with Gasteiger partial charge in [-0.2, -0.15) is 5.26 Å². The van der Waals surface area contributed by atoms with E-state index in [1.165, 1.54) is 110 Å². The summed E-state index contributed by atoms with van der Waals surface area (Å²) in [4.78, 5) is 13.2. The fourth-order valence-corrected chi connectivity index (χ4v) is 21.1. The third kappa shape index (κ3) is 11.4. The predicted molar refractivity (Wildman–Crippen MR) is 541 cm³/mol. The van der Waals surface area contributed by atoms with Gasteiger partial charge in [-0.05, 0) is 112 Å². The van der Waals surface area contributed by atoms with E-state index in [9.17, 15) is 5.26 Å². The van der Waals surface area contributed by atoms with E-state index in [0.29, 0.717) is 11.3 Å². The Labute approximate surface area is 745 Å². The summed E-state index contributed by atoms with van der Waals surface area (Å²) in [6.45, 7) is 7.96. The quantitative estimate of drug-likeness (QED) is 0.156. The molecule has 11 heterocycles. The summed E-state index contributed by atoms with van der Waals surface area (Å²) < 4.78 is 14.6. The van der Waals surface area contributed by atoms with Crippen LogP contribution in [0.25, 0.3) is 236 Å². The molecule has 0 atom stereocenters. The normalized spacial score (nSPS) is 11.7. The monoisotopic (exact) mass is 1650 g/mol. The third-order valence-corrected chi connectivity index (χ3v) is 26.3. The minimum Gasteiger partial charge on any atom is -0.308 e. The lowest BCUT2D eigenvalue weighted by atomic mass is 9.99. The zero-order valence-electron chi connectivity index (χ0n) is 70.2. The third-order valence-electron chi connectivity index (χ3n) is 26.3. The lowest BCUT2D eigenvalue weighted by Crippen LogP contribution is -1.95. The Morgan fingerprint density at radius 2 is 0.408 bits per heavy atom. The molecule has 0 bridgehead atoms. The van der Waals surface area contributed by atoms with Crippen molar-refractivity contribution in [1.29, 1.82) is 5.26 Å². The number of fused-ring (bicyclic) bond motifs is 36. The van der Waals surface area contributed by atoms with Crippen LogP contribution in [0.1, 0.15) is 5.56 Å². The van der Waals surface area contributed by atoms with Crippen LogP contribution < -0.4 is 0 Å². The highest BCUT2D eigenvalue weighted by atomic mass is 15.0. The van der Waals surface area contributed by atoms with E-state index in [1.807, 2.05) is 49.1 Å². The first kappa shape index (κ1) is 74.6. The van der Waals surface area contributed by atoms with Crippen molar-refractivity contribution >= 4 is 170 Å². The maximum Gasteiger partial charge on any atom is 0.189 e. The fourth-order valence-electron chi connectivity index (χ4n) is 21.1. The van der Waals surface area contributed by atoms with E-state index in [4.69, 9.17) is 6.57 Å². The summed E-state index contributed by atoms with van der Waals surface area (Å²) >= 11 is 0. The van der Waals surface area contributed by atoms with Gasteiger partial charge in [0.1, 0.15) is 0 Å². The highest BCUT2D eigenvalue weighted by Gasteiger charge is 2.29. The van der Waals surface area contributed by atoms with Crippen molar-refractivity contribution in [2.45, 2.75) is 0 Å². The van der Waals surface area contributed by atoms with Crippen LogP contribution in [0.5, 0.6) is 0 Å². The highest BCUT2D eigenvalue weighted by molar-refractivity contribution is 6.26. The number of hydrogen-bond donors (Lipinski definition) is 0. The second-order valence-electron chi connectivity index (χ2n) is 33.1. The summed E-state index contributed by atoms with van der Waals surface area (Å²) in [6, 6.07) is 153. The first-order valence-electron chi connectivity index (χ1n) is 43.9. The molecule has 27 rings (SSSR count). The number of hydrogen-bond acceptors (Lipinski definition) is 3. The van der Waals surface area contributed by atoms with Crippen LogP contribution in [0.15, 0.2) is 449 Å². The van der Waals surface area contributed by atoms with E-state index < -0.39 is 0 Å². The summed E-state index contributed by atoms with van der Waals surface area (Å²) in [5.74, 6) is 0. The summed E-state index contributed by atoms with van der Waals surface area (Å²) in [5, 5.41) is 23.9. The van der Waals surface area contributed by atoms with E-state index >= 15 is 0 Å². The van der Waals surface area contributed by atoms with Gasteiger partial charge in [-0.25, -0.2) is 4.85 Å². The zero-order chi connectivity index (χ0) is 86.0. The Morgan fingerprint density at radius 1 is 0.200 bits per heavy atom. The van der Waals surface area contributed by atoms with Gasteiger partial charge in [-0.3, -0.25) is 9.97 Å². The van der Waals surface area contributed by atoms with Crippen LogP contribution in [0.3, 0.4) is 0 Å². The lowest BCUT2D eigenvalue weighted by Gasteiger charge is -2.13. The van der Waals surface area contributed by atoms with Gasteiger partial charge in [-0.15, -0.1) is 0 Å². The number of pyridine rings is 2. The maximum atomic E-state index is 10.1. The molecule has 0 unspecified atom stereocenters. The Kier molecular flexibility index (Phi) is 17.5. The molecule has 0 amide bonds.